The Kier molecular flexibility index (Phi) is 5.68. The van der Waals surface area contributed by atoms with E-state index in [1.165, 1.54) is 11.3 Å². The summed E-state index contributed by atoms with van der Waals surface area (Å²) in [4.78, 5) is 11.8. The first-order chi connectivity index (χ1) is 10.8. The normalized spacial score (nSPS) is 12.7. The smallest absolute Gasteiger partial charge is 0.321 e. The average Bonchev–Trinajstić information content (AvgIpc) is 2.95. The van der Waals surface area contributed by atoms with Crippen LogP contribution < -0.4 is 10.6 Å². The highest BCUT2D eigenvalue weighted by Gasteiger charge is 2.20. The number of amides is 2. The number of nitrogens with one attached hydrogen (secondary N) is 2. The van der Waals surface area contributed by atoms with Crippen LogP contribution in [0.1, 0.15) is 31.3 Å². The Labute approximate surface area is 140 Å². The highest BCUT2D eigenvalue weighted by atomic mass is 32.1. The van der Waals surface area contributed by atoms with Crippen LogP contribution in [0.3, 0.4) is 0 Å². The number of aliphatic hydroxyl groups excluding tert-OH is 1. The number of aromatic nitrogens is 2. The second kappa shape index (κ2) is 7.52. The third-order valence-corrected chi connectivity index (χ3v) is 4.36. The van der Waals surface area contributed by atoms with Gasteiger partial charge in [0.2, 0.25) is 5.13 Å². The van der Waals surface area contributed by atoms with Crippen molar-refractivity contribution in [2.24, 2.45) is 0 Å². The van der Waals surface area contributed by atoms with Crippen molar-refractivity contribution in [3.63, 3.8) is 0 Å². The molecule has 2 amide bonds. The van der Waals surface area contributed by atoms with E-state index in [9.17, 15) is 9.90 Å². The number of hydrogen-bond acceptors (Lipinski definition) is 5. The van der Waals surface area contributed by atoms with Crippen molar-refractivity contribution in [1.29, 1.82) is 0 Å². The lowest BCUT2D eigenvalue weighted by molar-refractivity contribution is 0.172. The van der Waals surface area contributed by atoms with Gasteiger partial charge in [0.15, 0.2) is 0 Å². The molecule has 2 aromatic rings. The van der Waals surface area contributed by atoms with Gasteiger partial charge in [-0.05, 0) is 5.56 Å². The quantitative estimate of drug-likeness (QED) is 0.784. The van der Waals surface area contributed by atoms with Crippen LogP contribution in [0.15, 0.2) is 30.3 Å². The number of carbonyl (C=O) groups is 1. The summed E-state index contributed by atoms with van der Waals surface area (Å²) in [5.41, 5.74) is 0.932. The van der Waals surface area contributed by atoms with Crippen molar-refractivity contribution in [2.45, 2.75) is 38.7 Å². The molecule has 23 heavy (non-hydrogen) atoms. The van der Waals surface area contributed by atoms with E-state index in [0.717, 1.165) is 10.6 Å². The molecule has 0 spiro atoms. The zero-order chi connectivity index (χ0) is 16.9. The van der Waals surface area contributed by atoms with Crippen molar-refractivity contribution in [3.8, 4) is 0 Å². The van der Waals surface area contributed by atoms with Crippen LogP contribution in [0.4, 0.5) is 9.93 Å². The molecular weight excluding hydrogens is 312 g/mol. The third-order valence-electron chi connectivity index (χ3n) is 3.10. The Hall–Kier alpha value is -1.99. The number of carbonyl (C=O) groups excluding carboxylic acids is 1. The minimum atomic E-state index is -0.636. The third kappa shape index (κ3) is 5.61. The van der Waals surface area contributed by atoms with Crippen LogP contribution >= 0.6 is 11.3 Å². The molecule has 1 aromatic heterocycles. The predicted molar refractivity (Wildman–Crippen MR) is 91.8 cm³/mol. The fraction of sp³-hybridized carbons (Fsp3) is 0.438. The second-order valence-electron chi connectivity index (χ2n) is 6.34. The molecule has 0 aliphatic rings. The Morgan fingerprint density at radius 2 is 1.96 bits per heavy atom. The van der Waals surface area contributed by atoms with E-state index in [1.54, 1.807) is 0 Å². The molecule has 0 bridgehead atoms. The average molecular weight is 334 g/mol. The molecule has 0 fully saturated rings. The van der Waals surface area contributed by atoms with E-state index in [-0.39, 0.29) is 12.0 Å². The number of aliphatic hydroxyl groups is 1. The Bertz CT molecular complexity index is 637. The summed E-state index contributed by atoms with van der Waals surface area (Å²) in [6.45, 7) is 6.29. The summed E-state index contributed by atoms with van der Waals surface area (Å²) < 4.78 is 0. The number of benzene rings is 1. The molecule has 0 radical (unpaired) electrons. The maximum Gasteiger partial charge on any atom is 0.321 e. The Morgan fingerprint density at radius 3 is 2.57 bits per heavy atom. The van der Waals surface area contributed by atoms with Gasteiger partial charge in [0.05, 0.1) is 6.10 Å². The van der Waals surface area contributed by atoms with Crippen LogP contribution in [0, 0.1) is 0 Å². The maximum absolute atomic E-state index is 11.8. The van der Waals surface area contributed by atoms with Gasteiger partial charge in [-0.2, -0.15) is 0 Å². The molecule has 0 saturated carbocycles. The number of urea groups is 1. The molecule has 0 aliphatic heterocycles. The molecule has 0 aliphatic carbocycles. The van der Waals surface area contributed by atoms with Gasteiger partial charge in [-0.15, -0.1) is 10.2 Å². The molecule has 1 heterocycles. The van der Waals surface area contributed by atoms with E-state index < -0.39 is 12.1 Å². The van der Waals surface area contributed by atoms with Crippen molar-refractivity contribution in [1.82, 2.24) is 15.5 Å². The molecule has 6 nitrogen and oxygen atoms in total. The fourth-order valence-corrected chi connectivity index (χ4v) is 2.68. The summed E-state index contributed by atoms with van der Waals surface area (Å²) in [6, 6.07) is 9.26. The lowest BCUT2D eigenvalue weighted by atomic mass is 9.98. The first-order valence-corrected chi connectivity index (χ1v) is 8.27. The zero-order valence-corrected chi connectivity index (χ0v) is 14.4. The van der Waals surface area contributed by atoms with Crippen molar-refractivity contribution in [2.75, 3.05) is 11.9 Å². The maximum atomic E-state index is 11.8. The van der Waals surface area contributed by atoms with Gasteiger partial charge < -0.3 is 10.4 Å². The molecule has 3 N–H and O–H groups in total. The molecule has 0 saturated heterocycles. The van der Waals surface area contributed by atoms with Gasteiger partial charge in [0, 0.05) is 18.4 Å². The van der Waals surface area contributed by atoms with Crippen LogP contribution in [0.2, 0.25) is 0 Å². The van der Waals surface area contributed by atoms with Crippen molar-refractivity contribution in [3.05, 3.63) is 40.9 Å². The standard InChI is InChI=1S/C16H22N4O2S/c1-16(2,3)13-19-20-15(23-13)18-14(22)17-10-12(21)9-11-7-5-4-6-8-11/h4-8,12,21H,9-10H2,1-3H3,(H2,17,18,20,22). The van der Waals surface area contributed by atoms with Gasteiger partial charge in [-0.25, -0.2) is 4.79 Å². The largest absolute Gasteiger partial charge is 0.391 e. The molecule has 1 unspecified atom stereocenters. The van der Waals surface area contributed by atoms with Crippen LogP contribution in [-0.2, 0) is 11.8 Å². The number of rotatable bonds is 5. The van der Waals surface area contributed by atoms with E-state index in [1.807, 2.05) is 51.1 Å². The lowest BCUT2D eigenvalue weighted by Crippen LogP contribution is -2.36. The molecule has 124 valence electrons. The van der Waals surface area contributed by atoms with Gasteiger partial charge in [0.1, 0.15) is 5.01 Å². The fourth-order valence-electron chi connectivity index (χ4n) is 1.89. The first kappa shape index (κ1) is 17.4. The van der Waals surface area contributed by atoms with Crippen LogP contribution in [-0.4, -0.2) is 34.0 Å². The van der Waals surface area contributed by atoms with Gasteiger partial charge in [0.25, 0.3) is 0 Å². The second-order valence-corrected chi connectivity index (χ2v) is 7.32. The monoisotopic (exact) mass is 334 g/mol. The minimum absolute atomic E-state index is 0.0973. The Balaban J connectivity index is 1.77. The van der Waals surface area contributed by atoms with E-state index in [0.29, 0.717) is 11.6 Å². The van der Waals surface area contributed by atoms with Gasteiger partial charge >= 0.3 is 6.03 Å². The minimum Gasteiger partial charge on any atom is -0.391 e. The molecular formula is C16H22N4O2S. The number of hydrogen-bond donors (Lipinski definition) is 3. The summed E-state index contributed by atoms with van der Waals surface area (Å²) in [5.74, 6) is 0. The summed E-state index contributed by atoms with van der Waals surface area (Å²) in [7, 11) is 0. The molecule has 7 heteroatoms. The summed E-state index contributed by atoms with van der Waals surface area (Å²) >= 11 is 1.35. The first-order valence-electron chi connectivity index (χ1n) is 7.45. The van der Waals surface area contributed by atoms with E-state index >= 15 is 0 Å². The summed E-state index contributed by atoms with van der Waals surface area (Å²) in [6.07, 6.45) is -0.142. The van der Waals surface area contributed by atoms with Crippen LogP contribution in [0.25, 0.3) is 0 Å². The predicted octanol–water partition coefficient (Wildman–Crippen LogP) is 2.56. The molecule has 1 atom stereocenters. The highest BCUT2D eigenvalue weighted by molar-refractivity contribution is 7.15. The van der Waals surface area contributed by atoms with Crippen molar-refractivity contribution >= 4 is 22.5 Å². The number of nitrogens with zero attached hydrogens (tertiary/aromatic N) is 2. The zero-order valence-electron chi connectivity index (χ0n) is 13.5. The Morgan fingerprint density at radius 1 is 1.26 bits per heavy atom. The SMILES string of the molecule is CC(C)(C)c1nnc(NC(=O)NCC(O)Cc2ccccc2)s1. The topological polar surface area (TPSA) is 87.1 Å². The lowest BCUT2D eigenvalue weighted by Gasteiger charge is -2.12. The van der Waals surface area contributed by atoms with Crippen molar-refractivity contribution < 1.29 is 9.90 Å². The highest BCUT2D eigenvalue weighted by Crippen LogP contribution is 2.27. The summed E-state index contributed by atoms with van der Waals surface area (Å²) in [5, 5.41) is 24.6. The van der Waals surface area contributed by atoms with Gasteiger partial charge in [-0.1, -0.05) is 62.4 Å². The molecule has 2 rings (SSSR count). The van der Waals surface area contributed by atoms with E-state index in [2.05, 4.69) is 20.8 Å². The van der Waals surface area contributed by atoms with E-state index in [4.69, 9.17) is 0 Å². The molecule has 1 aromatic carbocycles. The number of anilines is 1. The van der Waals surface area contributed by atoms with Crippen LogP contribution in [0.5, 0.6) is 0 Å². The van der Waals surface area contributed by atoms with Gasteiger partial charge in [-0.3, -0.25) is 5.32 Å².